The predicted molar refractivity (Wildman–Crippen MR) is 76.6 cm³/mol. The van der Waals surface area contributed by atoms with Crippen molar-refractivity contribution >= 4 is 0 Å². The van der Waals surface area contributed by atoms with Crippen molar-refractivity contribution in [2.24, 2.45) is 5.92 Å². The van der Waals surface area contributed by atoms with Crippen LogP contribution in [0.2, 0.25) is 0 Å². The van der Waals surface area contributed by atoms with Crippen LogP contribution in [0.4, 0.5) is 4.39 Å². The van der Waals surface area contributed by atoms with Gasteiger partial charge in [-0.3, -0.25) is 0 Å². The van der Waals surface area contributed by atoms with Gasteiger partial charge >= 0.3 is 0 Å². The summed E-state index contributed by atoms with van der Waals surface area (Å²) in [5, 5.41) is 3.78. The quantitative estimate of drug-likeness (QED) is 0.852. The highest BCUT2D eigenvalue weighted by molar-refractivity contribution is 5.35. The van der Waals surface area contributed by atoms with E-state index in [0.29, 0.717) is 12.1 Å². The van der Waals surface area contributed by atoms with Crippen molar-refractivity contribution in [3.05, 3.63) is 35.1 Å². The maximum atomic E-state index is 13.7. The fourth-order valence-electron chi connectivity index (χ4n) is 3.80. The molecule has 1 unspecified atom stereocenters. The van der Waals surface area contributed by atoms with Crippen LogP contribution < -0.4 is 5.32 Å². The summed E-state index contributed by atoms with van der Waals surface area (Å²) in [5.74, 6) is 0.919. The normalized spacial score (nSPS) is 30.3. The topological polar surface area (TPSA) is 12.0 Å². The number of hydrogen-bond acceptors (Lipinski definition) is 1. The van der Waals surface area contributed by atoms with Gasteiger partial charge in [0.2, 0.25) is 0 Å². The van der Waals surface area contributed by atoms with E-state index in [9.17, 15) is 4.39 Å². The monoisotopic (exact) mass is 261 g/mol. The summed E-state index contributed by atoms with van der Waals surface area (Å²) in [6.07, 6.45) is 8.57. The SMILES string of the molecule is CCC1CCC(NC2CCc3c(F)cccc32)CC1. The second-order valence-corrected chi connectivity index (χ2v) is 6.19. The molecule has 1 nitrogen and oxygen atoms in total. The van der Waals surface area contributed by atoms with E-state index >= 15 is 0 Å². The second kappa shape index (κ2) is 5.62. The molecule has 3 rings (SSSR count). The van der Waals surface area contributed by atoms with Crippen molar-refractivity contribution in [2.45, 2.75) is 64.0 Å². The minimum absolute atomic E-state index is 0.0171. The summed E-state index contributed by atoms with van der Waals surface area (Å²) >= 11 is 0. The van der Waals surface area contributed by atoms with Crippen LogP contribution >= 0.6 is 0 Å². The van der Waals surface area contributed by atoms with Crippen LogP contribution in [-0.4, -0.2) is 6.04 Å². The molecule has 0 aliphatic heterocycles. The van der Waals surface area contributed by atoms with Gasteiger partial charge in [-0.2, -0.15) is 0 Å². The van der Waals surface area contributed by atoms with Gasteiger partial charge in [0.1, 0.15) is 5.82 Å². The average molecular weight is 261 g/mol. The summed E-state index contributed by atoms with van der Waals surface area (Å²) in [5.41, 5.74) is 2.15. The van der Waals surface area contributed by atoms with E-state index in [-0.39, 0.29) is 5.82 Å². The van der Waals surface area contributed by atoms with Crippen molar-refractivity contribution in [3.8, 4) is 0 Å². The Hall–Kier alpha value is -0.890. The van der Waals surface area contributed by atoms with Crippen LogP contribution in [0, 0.1) is 11.7 Å². The molecule has 1 aromatic carbocycles. The summed E-state index contributed by atoms with van der Waals surface area (Å²) in [7, 11) is 0. The lowest BCUT2D eigenvalue weighted by Gasteiger charge is -2.31. The van der Waals surface area contributed by atoms with Crippen molar-refractivity contribution in [3.63, 3.8) is 0 Å². The Bertz CT molecular complexity index is 435. The lowest BCUT2D eigenvalue weighted by molar-refractivity contribution is 0.269. The van der Waals surface area contributed by atoms with E-state index < -0.39 is 0 Å². The Morgan fingerprint density at radius 1 is 1.16 bits per heavy atom. The van der Waals surface area contributed by atoms with Gasteiger partial charge in [0, 0.05) is 12.1 Å². The van der Waals surface area contributed by atoms with Gasteiger partial charge in [-0.05, 0) is 61.6 Å². The van der Waals surface area contributed by atoms with Gasteiger partial charge in [-0.15, -0.1) is 0 Å². The van der Waals surface area contributed by atoms with Crippen molar-refractivity contribution in [1.29, 1.82) is 0 Å². The molecule has 1 atom stereocenters. The molecule has 1 fully saturated rings. The Labute approximate surface area is 115 Å². The summed E-state index contributed by atoms with van der Waals surface area (Å²) in [6.45, 7) is 2.30. The maximum Gasteiger partial charge on any atom is 0.126 e. The summed E-state index contributed by atoms with van der Waals surface area (Å²) in [4.78, 5) is 0. The van der Waals surface area contributed by atoms with Gasteiger partial charge in [-0.1, -0.05) is 25.5 Å². The minimum atomic E-state index is -0.0171. The number of nitrogens with one attached hydrogen (secondary N) is 1. The van der Waals surface area contributed by atoms with Gasteiger partial charge in [0.15, 0.2) is 0 Å². The standard InChI is InChI=1S/C17H24FN/c1-2-12-6-8-13(9-7-12)19-17-11-10-14-15(17)4-3-5-16(14)18/h3-5,12-13,17,19H,2,6-11H2,1H3. The molecule has 0 saturated heterocycles. The lowest BCUT2D eigenvalue weighted by Crippen LogP contribution is -2.35. The fourth-order valence-corrected chi connectivity index (χ4v) is 3.80. The molecule has 0 bridgehead atoms. The third-order valence-corrected chi connectivity index (χ3v) is 5.07. The van der Waals surface area contributed by atoms with E-state index in [1.54, 1.807) is 6.07 Å². The van der Waals surface area contributed by atoms with E-state index in [4.69, 9.17) is 0 Å². The van der Waals surface area contributed by atoms with Crippen molar-refractivity contribution in [2.75, 3.05) is 0 Å². The zero-order valence-electron chi connectivity index (χ0n) is 11.8. The fraction of sp³-hybridized carbons (Fsp3) is 0.647. The number of hydrogen-bond donors (Lipinski definition) is 1. The molecule has 0 heterocycles. The molecule has 0 radical (unpaired) electrons. The first-order valence-electron chi connectivity index (χ1n) is 7.81. The highest BCUT2D eigenvalue weighted by Gasteiger charge is 2.28. The van der Waals surface area contributed by atoms with Crippen LogP contribution in [-0.2, 0) is 6.42 Å². The Kier molecular flexibility index (Phi) is 3.88. The minimum Gasteiger partial charge on any atom is -0.307 e. The molecule has 2 aliphatic carbocycles. The zero-order valence-corrected chi connectivity index (χ0v) is 11.8. The molecule has 2 aliphatic rings. The van der Waals surface area contributed by atoms with Gasteiger partial charge in [0.05, 0.1) is 0 Å². The van der Waals surface area contributed by atoms with Crippen LogP contribution in [0.5, 0.6) is 0 Å². The molecular formula is C17H24FN. The Morgan fingerprint density at radius 2 is 1.95 bits per heavy atom. The maximum absolute atomic E-state index is 13.7. The van der Waals surface area contributed by atoms with Gasteiger partial charge in [-0.25, -0.2) is 4.39 Å². The first kappa shape index (κ1) is 13.1. The first-order chi connectivity index (χ1) is 9.28. The molecule has 0 amide bonds. The van der Waals surface area contributed by atoms with Gasteiger partial charge in [0.25, 0.3) is 0 Å². The van der Waals surface area contributed by atoms with E-state index in [2.05, 4.69) is 18.3 Å². The molecule has 1 N–H and O–H groups in total. The third-order valence-electron chi connectivity index (χ3n) is 5.07. The van der Waals surface area contributed by atoms with Crippen LogP contribution in [0.25, 0.3) is 0 Å². The van der Waals surface area contributed by atoms with Crippen LogP contribution in [0.3, 0.4) is 0 Å². The molecule has 0 aromatic heterocycles. The summed E-state index contributed by atoms with van der Waals surface area (Å²) in [6, 6.07) is 6.56. The molecule has 19 heavy (non-hydrogen) atoms. The number of halogens is 1. The lowest BCUT2D eigenvalue weighted by atomic mass is 9.84. The van der Waals surface area contributed by atoms with E-state index in [1.165, 1.54) is 37.7 Å². The third kappa shape index (κ3) is 2.69. The molecule has 1 aromatic rings. The first-order valence-corrected chi connectivity index (χ1v) is 7.81. The number of benzene rings is 1. The van der Waals surface area contributed by atoms with E-state index in [1.807, 2.05) is 6.07 Å². The molecule has 104 valence electrons. The van der Waals surface area contributed by atoms with Gasteiger partial charge < -0.3 is 5.32 Å². The molecule has 1 saturated carbocycles. The van der Waals surface area contributed by atoms with E-state index in [0.717, 1.165) is 24.3 Å². The van der Waals surface area contributed by atoms with Crippen LogP contribution in [0.1, 0.15) is 62.6 Å². The smallest absolute Gasteiger partial charge is 0.126 e. The molecule has 2 heteroatoms. The van der Waals surface area contributed by atoms with Crippen molar-refractivity contribution in [1.82, 2.24) is 5.32 Å². The predicted octanol–water partition coefficient (Wildman–Crippen LogP) is 4.37. The van der Waals surface area contributed by atoms with Crippen molar-refractivity contribution < 1.29 is 4.39 Å². The number of fused-ring (bicyclic) bond motifs is 1. The molecule has 0 spiro atoms. The summed E-state index contributed by atoms with van der Waals surface area (Å²) < 4.78 is 13.7. The average Bonchev–Trinajstić information content (AvgIpc) is 2.84. The Morgan fingerprint density at radius 3 is 2.68 bits per heavy atom. The van der Waals surface area contributed by atoms with Crippen LogP contribution in [0.15, 0.2) is 18.2 Å². The largest absolute Gasteiger partial charge is 0.307 e. The molecular weight excluding hydrogens is 237 g/mol. The zero-order chi connectivity index (χ0) is 13.2. The highest BCUT2D eigenvalue weighted by Crippen LogP contribution is 2.35. The second-order valence-electron chi connectivity index (χ2n) is 6.19. The number of rotatable bonds is 3. The Balaban J connectivity index is 1.63. The highest BCUT2D eigenvalue weighted by atomic mass is 19.1.